The highest BCUT2D eigenvalue weighted by atomic mass is 16.5. The fourth-order valence-corrected chi connectivity index (χ4v) is 2.97. The van der Waals surface area contributed by atoms with Crippen LogP contribution in [0.3, 0.4) is 0 Å². The van der Waals surface area contributed by atoms with E-state index in [1.807, 2.05) is 4.90 Å². The number of guanidine groups is 1. The zero-order chi connectivity index (χ0) is 15.7. The van der Waals surface area contributed by atoms with Crippen LogP contribution in [0.4, 0.5) is 4.79 Å². The third-order valence-electron chi connectivity index (χ3n) is 4.17. The maximum atomic E-state index is 12.3. The molecule has 3 aliphatic rings. The molecule has 0 saturated carbocycles. The van der Waals surface area contributed by atoms with Crippen LogP contribution in [0.5, 0.6) is 0 Å². The van der Waals surface area contributed by atoms with Crippen LogP contribution in [0.2, 0.25) is 0 Å². The highest BCUT2D eigenvalue weighted by molar-refractivity contribution is 6.03. The van der Waals surface area contributed by atoms with E-state index >= 15 is 0 Å². The van der Waals surface area contributed by atoms with Crippen LogP contribution >= 0.6 is 0 Å². The van der Waals surface area contributed by atoms with E-state index in [1.54, 1.807) is 14.2 Å². The zero-order valence-corrected chi connectivity index (χ0v) is 12.8. The van der Waals surface area contributed by atoms with Gasteiger partial charge in [-0.05, 0) is 0 Å². The van der Waals surface area contributed by atoms with Crippen LogP contribution in [-0.4, -0.2) is 98.4 Å². The van der Waals surface area contributed by atoms with Gasteiger partial charge >= 0.3 is 6.03 Å². The minimum Gasteiger partial charge on any atom is -0.383 e. The Morgan fingerprint density at radius 1 is 1.36 bits per heavy atom. The predicted molar refractivity (Wildman–Crippen MR) is 77.3 cm³/mol. The minimum absolute atomic E-state index is 0.309. The monoisotopic (exact) mass is 311 g/mol. The molecule has 0 spiro atoms. The lowest BCUT2D eigenvalue weighted by Crippen LogP contribution is -2.64. The number of ether oxygens (including phenoxy) is 2. The normalized spacial score (nSPS) is 28.6. The molecular formula is C13H21N5O4. The van der Waals surface area contributed by atoms with E-state index in [9.17, 15) is 9.59 Å². The molecule has 0 bridgehead atoms. The van der Waals surface area contributed by atoms with E-state index in [-0.39, 0.29) is 5.91 Å². The summed E-state index contributed by atoms with van der Waals surface area (Å²) in [6.45, 7) is 3.74. The van der Waals surface area contributed by atoms with Crippen LogP contribution in [0, 0.1) is 0 Å². The molecule has 0 aromatic carbocycles. The summed E-state index contributed by atoms with van der Waals surface area (Å²) in [7, 11) is 3.27. The van der Waals surface area contributed by atoms with Gasteiger partial charge in [0.25, 0.3) is 5.91 Å². The number of rotatable bonds is 3. The van der Waals surface area contributed by atoms with Crippen molar-refractivity contribution < 1.29 is 19.1 Å². The van der Waals surface area contributed by atoms with Crippen molar-refractivity contribution in [2.75, 3.05) is 53.6 Å². The van der Waals surface area contributed by atoms with E-state index in [4.69, 9.17) is 9.47 Å². The van der Waals surface area contributed by atoms with Gasteiger partial charge in [-0.1, -0.05) is 0 Å². The summed E-state index contributed by atoms with van der Waals surface area (Å²) < 4.78 is 10.5. The largest absolute Gasteiger partial charge is 0.383 e. The molecule has 1 N–H and O–H groups in total. The van der Waals surface area contributed by atoms with Gasteiger partial charge in [0.2, 0.25) is 0 Å². The van der Waals surface area contributed by atoms with Crippen molar-refractivity contribution in [1.82, 2.24) is 20.0 Å². The zero-order valence-electron chi connectivity index (χ0n) is 12.8. The summed E-state index contributed by atoms with van der Waals surface area (Å²) in [6.07, 6.45) is -0.490. The summed E-state index contributed by atoms with van der Waals surface area (Å²) in [5, 5.41) is 2.38. The molecule has 0 aromatic rings. The minimum atomic E-state index is -0.504. The molecule has 3 rings (SSSR count). The number of methoxy groups -OCH3 is 1. The molecule has 2 unspecified atom stereocenters. The number of amides is 3. The number of fused-ring (bicyclic) bond motifs is 1. The van der Waals surface area contributed by atoms with E-state index in [2.05, 4.69) is 15.2 Å². The second kappa shape index (κ2) is 6.09. The Balaban J connectivity index is 1.87. The summed E-state index contributed by atoms with van der Waals surface area (Å²) >= 11 is 0. The number of carbonyl (C=O) groups excluding carboxylic acids is 2. The van der Waals surface area contributed by atoms with Gasteiger partial charge < -0.3 is 24.2 Å². The fourth-order valence-electron chi connectivity index (χ4n) is 2.97. The van der Waals surface area contributed by atoms with Crippen LogP contribution in [-0.2, 0) is 14.3 Å². The number of nitrogens with zero attached hydrogens (tertiary/aromatic N) is 4. The maximum absolute atomic E-state index is 12.3. The molecule has 2 fully saturated rings. The van der Waals surface area contributed by atoms with Gasteiger partial charge in [0.1, 0.15) is 0 Å². The summed E-state index contributed by atoms with van der Waals surface area (Å²) in [5.74, 6) is 0.434. The van der Waals surface area contributed by atoms with Crippen molar-refractivity contribution >= 4 is 17.9 Å². The van der Waals surface area contributed by atoms with E-state index < -0.39 is 18.2 Å². The summed E-state index contributed by atoms with van der Waals surface area (Å²) in [6, 6.07) is -0.916. The first-order chi connectivity index (χ1) is 10.6. The second-order valence-corrected chi connectivity index (χ2v) is 5.48. The Hall–Kier alpha value is -1.87. The van der Waals surface area contributed by atoms with Crippen molar-refractivity contribution in [3.8, 4) is 0 Å². The Labute approximate surface area is 128 Å². The molecule has 9 heteroatoms. The first-order valence-corrected chi connectivity index (χ1v) is 7.37. The molecule has 0 aliphatic carbocycles. The third kappa shape index (κ3) is 2.50. The van der Waals surface area contributed by atoms with Gasteiger partial charge in [-0.25, -0.2) is 9.79 Å². The molecule has 0 aromatic heterocycles. The topological polar surface area (TPSA) is 86.7 Å². The van der Waals surface area contributed by atoms with Gasteiger partial charge in [0, 0.05) is 33.8 Å². The van der Waals surface area contributed by atoms with Gasteiger partial charge in [-0.3, -0.25) is 10.1 Å². The number of aliphatic imine (C=N–C) groups is 1. The van der Waals surface area contributed by atoms with Gasteiger partial charge in [-0.2, -0.15) is 0 Å². The Morgan fingerprint density at radius 2 is 2.09 bits per heavy atom. The van der Waals surface area contributed by atoms with Gasteiger partial charge in [0.15, 0.2) is 18.2 Å². The number of hydrogen-bond donors (Lipinski definition) is 1. The molecule has 3 amide bonds. The van der Waals surface area contributed by atoms with Crippen molar-refractivity contribution in [3.05, 3.63) is 0 Å². The lowest BCUT2D eigenvalue weighted by atomic mass is 10.1. The van der Waals surface area contributed by atoms with E-state index in [0.29, 0.717) is 26.4 Å². The average molecular weight is 311 g/mol. The highest BCUT2D eigenvalue weighted by Crippen LogP contribution is 2.25. The number of urea groups is 1. The van der Waals surface area contributed by atoms with E-state index in [0.717, 1.165) is 19.0 Å². The number of imide groups is 1. The SMILES string of the molecule is COCCN1C(N2CCOCC2)=NC2C1C(=O)NC(=O)N2C. The van der Waals surface area contributed by atoms with Crippen molar-refractivity contribution in [2.45, 2.75) is 12.2 Å². The van der Waals surface area contributed by atoms with Gasteiger partial charge in [0.05, 0.1) is 19.8 Å². The third-order valence-corrected chi connectivity index (χ3v) is 4.17. The molecule has 3 heterocycles. The van der Waals surface area contributed by atoms with E-state index in [1.165, 1.54) is 4.90 Å². The van der Waals surface area contributed by atoms with Crippen molar-refractivity contribution in [3.63, 3.8) is 0 Å². The summed E-state index contributed by atoms with van der Waals surface area (Å²) in [5.41, 5.74) is 0. The molecule has 2 atom stereocenters. The Bertz CT molecular complexity index is 491. The molecule has 2 saturated heterocycles. The van der Waals surface area contributed by atoms with Crippen LogP contribution in [0.15, 0.2) is 4.99 Å². The Kier molecular flexibility index (Phi) is 4.16. The summed E-state index contributed by atoms with van der Waals surface area (Å²) in [4.78, 5) is 34.2. The van der Waals surface area contributed by atoms with Crippen LogP contribution < -0.4 is 5.32 Å². The first-order valence-electron chi connectivity index (χ1n) is 7.37. The smallest absolute Gasteiger partial charge is 0.325 e. The van der Waals surface area contributed by atoms with Crippen molar-refractivity contribution in [2.24, 2.45) is 4.99 Å². The lowest BCUT2D eigenvalue weighted by Gasteiger charge is -2.38. The molecule has 22 heavy (non-hydrogen) atoms. The standard InChI is InChI=1S/C13H21N5O4/c1-16-10-9(11(19)15-13(16)20)18(5-6-21-2)12(14-10)17-3-7-22-8-4-17/h9-10H,3-8H2,1-2H3,(H,15,19,20). The lowest BCUT2D eigenvalue weighted by molar-refractivity contribution is -0.127. The number of nitrogens with one attached hydrogen (secondary N) is 1. The second-order valence-electron chi connectivity index (χ2n) is 5.48. The predicted octanol–water partition coefficient (Wildman–Crippen LogP) is -1.49. The molecule has 0 radical (unpaired) electrons. The van der Waals surface area contributed by atoms with Gasteiger partial charge in [-0.15, -0.1) is 0 Å². The number of carbonyl (C=O) groups is 2. The molecule has 9 nitrogen and oxygen atoms in total. The van der Waals surface area contributed by atoms with Crippen LogP contribution in [0.1, 0.15) is 0 Å². The number of likely N-dealkylation sites (N-methyl/N-ethyl adjacent to an activating group) is 1. The highest BCUT2D eigenvalue weighted by Gasteiger charge is 2.49. The maximum Gasteiger partial charge on any atom is 0.325 e. The number of hydrogen-bond acceptors (Lipinski definition) is 7. The molecular weight excluding hydrogens is 290 g/mol. The average Bonchev–Trinajstić information content (AvgIpc) is 2.91. The number of morpholine rings is 1. The van der Waals surface area contributed by atoms with Crippen molar-refractivity contribution in [1.29, 1.82) is 0 Å². The molecule has 122 valence electrons. The molecule has 3 aliphatic heterocycles. The Morgan fingerprint density at radius 3 is 2.77 bits per heavy atom. The fraction of sp³-hybridized carbons (Fsp3) is 0.769. The quantitative estimate of drug-likeness (QED) is 0.683. The first kappa shape index (κ1) is 15.0. The van der Waals surface area contributed by atoms with Crippen LogP contribution in [0.25, 0.3) is 0 Å².